The molecule has 9 heteroatoms. The van der Waals surface area contributed by atoms with Crippen molar-refractivity contribution in [1.29, 1.82) is 0 Å². The Balaban J connectivity index is 1.60. The first-order chi connectivity index (χ1) is 14.1. The average molecular weight is 419 g/mol. The lowest BCUT2D eigenvalue weighted by molar-refractivity contribution is -0.126. The number of nitrogens with one attached hydrogen (secondary N) is 1. The number of nitrogens with zero attached hydrogens (tertiary/aromatic N) is 3. The van der Waals surface area contributed by atoms with Crippen molar-refractivity contribution in [3.05, 3.63) is 35.1 Å². The van der Waals surface area contributed by atoms with E-state index in [4.69, 9.17) is 9.84 Å². The van der Waals surface area contributed by atoms with Crippen LogP contribution in [0.25, 0.3) is 10.6 Å². The normalized spacial score (nSPS) is 16.6. The van der Waals surface area contributed by atoms with E-state index in [-0.39, 0.29) is 30.9 Å². The van der Waals surface area contributed by atoms with Crippen molar-refractivity contribution < 1.29 is 19.4 Å². The summed E-state index contributed by atoms with van der Waals surface area (Å²) in [7, 11) is 0. The summed E-state index contributed by atoms with van der Waals surface area (Å²) < 4.78 is 5.15. The first-order valence-electron chi connectivity index (χ1n) is 9.73. The molecule has 1 aliphatic heterocycles. The van der Waals surface area contributed by atoms with Gasteiger partial charge in [0, 0.05) is 37.6 Å². The topological polar surface area (TPSA) is 105 Å². The molecule has 0 aliphatic carbocycles. The monoisotopic (exact) mass is 418 g/mol. The van der Waals surface area contributed by atoms with Crippen molar-refractivity contribution in [1.82, 2.24) is 20.2 Å². The van der Waals surface area contributed by atoms with Crippen molar-refractivity contribution in [3.8, 4) is 10.6 Å². The molecule has 1 unspecified atom stereocenters. The number of ether oxygens (including phenoxy) is 1. The number of thiazole rings is 1. The van der Waals surface area contributed by atoms with Crippen LogP contribution in [0.15, 0.2) is 24.5 Å². The highest BCUT2D eigenvalue weighted by Crippen LogP contribution is 2.29. The van der Waals surface area contributed by atoms with Crippen LogP contribution in [0.1, 0.15) is 28.2 Å². The number of carbonyl (C=O) groups is 2. The molecule has 1 aliphatic rings. The molecule has 0 bridgehead atoms. The van der Waals surface area contributed by atoms with E-state index < -0.39 is 0 Å². The number of hydrogen-bond donors (Lipinski definition) is 2. The quantitative estimate of drug-likeness (QED) is 0.630. The Morgan fingerprint density at radius 2 is 2.28 bits per heavy atom. The summed E-state index contributed by atoms with van der Waals surface area (Å²) in [5.74, 6) is -0.359. The second-order valence-corrected chi connectivity index (χ2v) is 7.89. The standard InChI is InChI=1S/C20H26N4O4S/c1-14-17(29-19(23-14)15-4-2-6-21-12-15)20(27)24-8-3-5-16(13-24)18(26)22-7-10-28-11-9-25/h2,4,6,12,16,25H,3,5,7-11,13H2,1H3,(H,22,26). The van der Waals surface area contributed by atoms with E-state index in [0.29, 0.717) is 36.8 Å². The van der Waals surface area contributed by atoms with Gasteiger partial charge in [-0.3, -0.25) is 14.6 Å². The summed E-state index contributed by atoms with van der Waals surface area (Å²) >= 11 is 1.37. The maximum absolute atomic E-state index is 13.1. The summed E-state index contributed by atoms with van der Waals surface area (Å²) in [5, 5.41) is 12.3. The number of aliphatic hydroxyl groups is 1. The van der Waals surface area contributed by atoms with Crippen molar-refractivity contribution in [2.24, 2.45) is 5.92 Å². The van der Waals surface area contributed by atoms with Crippen LogP contribution in [0.3, 0.4) is 0 Å². The third kappa shape index (κ3) is 5.59. The van der Waals surface area contributed by atoms with E-state index >= 15 is 0 Å². The first kappa shape index (κ1) is 21.4. The Morgan fingerprint density at radius 3 is 3.03 bits per heavy atom. The molecule has 1 atom stereocenters. The SMILES string of the molecule is Cc1nc(-c2cccnc2)sc1C(=O)N1CCCC(C(=O)NCCOCCO)C1. The third-order valence-electron chi connectivity index (χ3n) is 4.76. The fraction of sp³-hybridized carbons (Fsp3) is 0.500. The highest BCUT2D eigenvalue weighted by molar-refractivity contribution is 7.17. The van der Waals surface area contributed by atoms with Crippen LogP contribution in [0.2, 0.25) is 0 Å². The Morgan fingerprint density at radius 1 is 1.41 bits per heavy atom. The highest BCUT2D eigenvalue weighted by atomic mass is 32.1. The molecule has 1 saturated heterocycles. The van der Waals surface area contributed by atoms with Gasteiger partial charge in [-0.05, 0) is 31.9 Å². The minimum absolute atomic E-state index is 0.0346. The average Bonchev–Trinajstić information content (AvgIpc) is 3.15. The van der Waals surface area contributed by atoms with E-state index in [0.717, 1.165) is 23.4 Å². The van der Waals surface area contributed by atoms with Gasteiger partial charge in [0.2, 0.25) is 5.91 Å². The number of carbonyl (C=O) groups excluding carboxylic acids is 2. The fourth-order valence-corrected chi connectivity index (χ4v) is 4.31. The predicted octanol–water partition coefficient (Wildman–Crippen LogP) is 1.49. The molecule has 3 rings (SSSR count). The molecule has 2 aromatic rings. The summed E-state index contributed by atoms with van der Waals surface area (Å²) in [6.45, 7) is 3.86. The van der Waals surface area contributed by atoms with Gasteiger partial charge in [0.25, 0.3) is 5.91 Å². The number of aliphatic hydroxyl groups excluding tert-OH is 1. The van der Waals surface area contributed by atoms with Gasteiger partial charge in [-0.2, -0.15) is 0 Å². The molecule has 0 saturated carbocycles. The molecule has 156 valence electrons. The van der Waals surface area contributed by atoms with Crippen molar-refractivity contribution in [3.63, 3.8) is 0 Å². The maximum Gasteiger partial charge on any atom is 0.265 e. The predicted molar refractivity (Wildman–Crippen MR) is 110 cm³/mol. The maximum atomic E-state index is 13.1. The zero-order valence-electron chi connectivity index (χ0n) is 16.5. The van der Waals surface area contributed by atoms with Crippen molar-refractivity contribution >= 4 is 23.2 Å². The number of likely N-dealkylation sites (tertiary alicyclic amines) is 1. The Bertz CT molecular complexity index is 827. The van der Waals surface area contributed by atoms with Crippen molar-refractivity contribution in [2.75, 3.05) is 39.5 Å². The summed E-state index contributed by atoms with van der Waals surface area (Å²) in [6, 6.07) is 3.77. The van der Waals surface area contributed by atoms with Crippen LogP contribution in [0.4, 0.5) is 0 Å². The van der Waals surface area contributed by atoms with Crippen molar-refractivity contribution in [2.45, 2.75) is 19.8 Å². The van der Waals surface area contributed by atoms with E-state index in [2.05, 4.69) is 15.3 Å². The molecule has 0 spiro atoms. The zero-order valence-corrected chi connectivity index (χ0v) is 17.3. The second-order valence-electron chi connectivity index (χ2n) is 6.89. The van der Waals surface area contributed by atoms with E-state index in [1.165, 1.54) is 11.3 Å². The van der Waals surface area contributed by atoms with Gasteiger partial charge in [-0.15, -0.1) is 11.3 Å². The van der Waals surface area contributed by atoms with Gasteiger partial charge in [0.1, 0.15) is 9.88 Å². The van der Waals surface area contributed by atoms with E-state index in [1.54, 1.807) is 17.3 Å². The third-order valence-corrected chi connectivity index (χ3v) is 5.95. The number of amides is 2. The molecule has 2 amide bonds. The van der Waals surface area contributed by atoms with Crippen LogP contribution >= 0.6 is 11.3 Å². The number of aryl methyl sites for hydroxylation is 1. The van der Waals surface area contributed by atoms with Crippen LogP contribution < -0.4 is 5.32 Å². The van der Waals surface area contributed by atoms with Gasteiger partial charge in [-0.1, -0.05) is 0 Å². The van der Waals surface area contributed by atoms with Crippen LogP contribution in [0, 0.1) is 12.8 Å². The fourth-order valence-electron chi connectivity index (χ4n) is 3.28. The first-order valence-corrected chi connectivity index (χ1v) is 10.5. The molecule has 1 fully saturated rings. The molecule has 29 heavy (non-hydrogen) atoms. The number of hydrogen-bond acceptors (Lipinski definition) is 7. The lowest BCUT2D eigenvalue weighted by Gasteiger charge is -2.31. The Kier molecular flexibility index (Phi) is 7.68. The van der Waals surface area contributed by atoms with Gasteiger partial charge in [-0.25, -0.2) is 4.98 Å². The molecular formula is C20H26N4O4S. The van der Waals surface area contributed by atoms with Crippen LogP contribution in [-0.4, -0.2) is 71.2 Å². The van der Waals surface area contributed by atoms with Crippen LogP contribution in [-0.2, 0) is 9.53 Å². The highest BCUT2D eigenvalue weighted by Gasteiger charge is 2.30. The van der Waals surface area contributed by atoms with Gasteiger partial charge in [0.05, 0.1) is 31.4 Å². The number of pyridine rings is 1. The largest absolute Gasteiger partial charge is 0.394 e. The van der Waals surface area contributed by atoms with Crippen LogP contribution in [0.5, 0.6) is 0 Å². The minimum atomic E-state index is -0.225. The summed E-state index contributed by atoms with van der Waals surface area (Å²) in [6.07, 6.45) is 4.99. The molecule has 0 radical (unpaired) electrons. The molecule has 2 aromatic heterocycles. The summed E-state index contributed by atoms with van der Waals surface area (Å²) in [4.78, 5) is 36.5. The molecule has 2 N–H and O–H groups in total. The smallest absolute Gasteiger partial charge is 0.265 e. The Hall–Kier alpha value is -2.36. The lowest BCUT2D eigenvalue weighted by Crippen LogP contribution is -2.46. The zero-order chi connectivity index (χ0) is 20.6. The second kappa shape index (κ2) is 10.4. The summed E-state index contributed by atoms with van der Waals surface area (Å²) in [5.41, 5.74) is 1.59. The molecule has 3 heterocycles. The molecule has 0 aromatic carbocycles. The number of piperidine rings is 1. The molecular weight excluding hydrogens is 392 g/mol. The number of aromatic nitrogens is 2. The Labute approximate surface area is 173 Å². The van der Waals surface area contributed by atoms with Gasteiger partial charge < -0.3 is 20.1 Å². The minimum Gasteiger partial charge on any atom is -0.394 e. The lowest BCUT2D eigenvalue weighted by atomic mass is 9.97. The van der Waals surface area contributed by atoms with E-state index in [1.807, 2.05) is 19.1 Å². The van der Waals surface area contributed by atoms with Gasteiger partial charge >= 0.3 is 0 Å². The van der Waals surface area contributed by atoms with Gasteiger partial charge in [0.15, 0.2) is 0 Å². The molecule has 8 nitrogen and oxygen atoms in total. The number of rotatable bonds is 8. The van der Waals surface area contributed by atoms with E-state index in [9.17, 15) is 9.59 Å².